The fraction of sp³-hybridized carbons (Fsp3) is 1.00. The third kappa shape index (κ3) is 10.3. The van der Waals surface area contributed by atoms with Gasteiger partial charge in [-0.1, -0.05) is 131 Å². The molecule has 0 saturated carbocycles. The van der Waals surface area contributed by atoms with Crippen molar-refractivity contribution in [2.75, 3.05) is 14.2 Å². The highest BCUT2D eigenvalue weighted by Crippen LogP contribution is 2.48. The van der Waals surface area contributed by atoms with Crippen molar-refractivity contribution in [3.8, 4) is 0 Å². The SMILES string of the molecule is CCCCCCCCCCCCCCCC[Si](OC)(OC)C(C)(C)C(C)CC. The Morgan fingerprint density at radius 2 is 1.00 bits per heavy atom. The molecule has 0 radical (unpaired) electrons. The zero-order valence-corrected chi connectivity index (χ0v) is 21.7. The predicted octanol–water partition coefficient (Wildman–Crippen LogP) is 9.03. The quantitative estimate of drug-likeness (QED) is 0.146. The van der Waals surface area contributed by atoms with Gasteiger partial charge in [0.15, 0.2) is 0 Å². The average Bonchev–Trinajstić information content (AvgIpc) is 2.70. The third-order valence-corrected chi connectivity index (χ3v) is 12.1. The minimum Gasteiger partial charge on any atom is -0.397 e. The lowest BCUT2D eigenvalue weighted by Crippen LogP contribution is -2.52. The summed E-state index contributed by atoms with van der Waals surface area (Å²) in [4.78, 5) is 0. The van der Waals surface area contributed by atoms with Crippen LogP contribution in [0.2, 0.25) is 11.1 Å². The van der Waals surface area contributed by atoms with Crippen molar-refractivity contribution in [1.29, 1.82) is 0 Å². The van der Waals surface area contributed by atoms with Crippen molar-refractivity contribution < 1.29 is 8.85 Å². The van der Waals surface area contributed by atoms with Crippen molar-refractivity contribution in [3.63, 3.8) is 0 Å². The van der Waals surface area contributed by atoms with Crippen LogP contribution in [0.5, 0.6) is 0 Å². The largest absolute Gasteiger partial charge is 0.397 e. The summed E-state index contributed by atoms with van der Waals surface area (Å²) in [6, 6.07) is 1.13. The first kappa shape index (κ1) is 28.1. The van der Waals surface area contributed by atoms with Crippen LogP contribution >= 0.6 is 0 Å². The van der Waals surface area contributed by atoms with Crippen LogP contribution in [0.15, 0.2) is 0 Å². The lowest BCUT2D eigenvalue weighted by molar-refractivity contribution is 0.185. The van der Waals surface area contributed by atoms with Gasteiger partial charge in [-0.25, -0.2) is 0 Å². The average molecular weight is 415 g/mol. The van der Waals surface area contributed by atoms with E-state index in [4.69, 9.17) is 8.85 Å². The summed E-state index contributed by atoms with van der Waals surface area (Å²) in [5, 5.41) is 0.155. The lowest BCUT2D eigenvalue weighted by Gasteiger charge is -2.45. The molecule has 0 spiro atoms. The first-order chi connectivity index (χ1) is 13.4. The maximum atomic E-state index is 6.10. The molecule has 0 aliphatic heterocycles. The zero-order valence-electron chi connectivity index (χ0n) is 20.7. The molecular weight excluding hydrogens is 360 g/mol. The Labute approximate surface area is 179 Å². The van der Waals surface area contributed by atoms with E-state index in [1.807, 2.05) is 14.2 Å². The van der Waals surface area contributed by atoms with E-state index in [9.17, 15) is 0 Å². The van der Waals surface area contributed by atoms with Crippen LogP contribution in [0, 0.1) is 5.92 Å². The van der Waals surface area contributed by atoms with E-state index in [2.05, 4.69) is 34.6 Å². The minimum absolute atomic E-state index is 0.155. The predicted molar refractivity (Wildman–Crippen MR) is 128 cm³/mol. The Balaban J connectivity index is 3.82. The monoisotopic (exact) mass is 414 g/mol. The molecule has 1 atom stereocenters. The number of hydrogen-bond acceptors (Lipinski definition) is 2. The van der Waals surface area contributed by atoms with Gasteiger partial charge in [-0.3, -0.25) is 0 Å². The summed E-state index contributed by atoms with van der Waals surface area (Å²) in [5.74, 6) is 0.630. The number of rotatable bonds is 20. The van der Waals surface area contributed by atoms with E-state index in [0.717, 1.165) is 6.04 Å². The molecule has 0 aromatic carbocycles. The summed E-state index contributed by atoms with van der Waals surface area (Å²) in [6.07, 6.45) is 20.9. The van der Waals surface area contributed by atoms with Gasteiger partial charge in [0.1, 0.15) is 0 Å². The summed E-state index contributed by atoms with van der Waals surface area (Å²) in [6.45, 7) is 11.7. The lowest BCUT2D eigenvalue weighted by atomic mass is 9.94. The van der Waals surface area contributed by atoms with Crippen LogP contribution in [0.25, 0.3) is 0 Å². The first-order valence-corrected chi connectivity index (χ1v) is 14.5. The molecule has 1 unspecified atom stereocenters. The van der Waals surface area contributed by atoms with E-state index < -0.39 is 8.56 Å². The highest BCUT2D eigenvalue weighted by atomic mass is 28.4. The molecule has 28 heavy (non-hydrogen) atoms. The molecule has 2 nitrogen and oxygen atoms in total. The van der Waals surface area contributed by atoms with Gasteiger partial charge in [0, 0.05) is 19.3 Å². The van der Waals surface area contributed by atoms with E-state index >= 15 is 0 Å². The van der Waals surface area contributed by atoms with Gasteiger partial charge in [0.05, 0.1) is 0 Å². The summed E-state index contributed by atoms with van der Waals surface area (Å²) in [7, 11) is 1.60. The second kappa shape index (κ2) is 16.9. The smallest absolute Gasteiger partial charge is 0.343 e. The zero-order chi connectivity index (χ0) is 21.3. The van der Waals surface area contributed by atoms with Crippen molar-refractivity contribution in [3.05, 3.63) is 0 Å². The number of hydrogen-bond donors (Lipinski definition) is 0. The van der Waals surface area contributed by atoms with Gasteiger partial charge in [0.25, 0.3) is 0 Å². The summed E-state index contributed by atoms with van der Waals surface area (Å²) >= 11 is 0. The first-order valence-electron chi connectivity index (χ1n) is 12.5. The summed E-state index contributed by atoms with van der Waals surface area (Å²) < 4.78 is 12.2. The van der Waals surface area contributed by atoms with Crippen LogP contribution in [0.4, 0.5) is 0 Å². The topological polar surface area (TPSA) is 18.5 Å². The van der Waals surface area contributed by atoms with Gasteiger partial charge in [0.2, 0.25) is 0 Å². The number of unbranched alkanes of at least 4 members (excludes halogenated alkanes) is 13. The van der Waals surface area contributed by atoms with E-state index in [0.29, 0.717) is 5.92 Å². The van der Waals surface area contributed by atoms with Crippen molar-refractivity contribution in [2.24, 2.45) is 5.92 Å². The molecule has 0 amide bonds. The standard InChI is InChI=1S/C25H54O2Si/c1-8-10-11-12-13-14-15-16-17-18-19-20-21-22-23-28(26-6,27-7)25(4,5)24(3)9-2/h24H,8-23H2,1-7H3. The van der Waals surface area contributed by atoms with Gasteiger partial charge in [-0.2, -0.15) is 0 Å². The van der Waals surface area contributed by atoms with Crippen LogP contribution in [-0.4, -0.2) is 22.8 Å². The normalized spacial score (nSPS) is 13.8. The fourth-order valence-corrected chi connectivity index (χ4v) is 8.52. The highest BCUT2D eigenvalue weighted by molar-refractivity contribution is 6.70. The molecule has 0 heterocycles. The van der Waals surface area contributed by atoms with E-state index in [1.54, 1.807) is 0 Å². The minimum atomic E-state index is -2.16. The molecule has 0 aliphatic carbocycles. The Hall–Kier alpha value is 0.137. The van der Waals surface area contributed by atoms with E-state index in [1.165, 1.54) is 96.3 Å². The Bertz CT molecular complexity index is 339. The van der Waals surface area contributed by atoms with Gasteiger partial charge in [-0.15, -0.1) is 0 Å². The van der Waals surface area contributed by atoms with Crippen LogP contribution in [0.1, 0.15) is 131 Å². The van der Waals surface area contributed by atoms with E-state index in [-0.39, 0.29) is 5.04 Å². The molecule has 0 N–H and O–H groups in total. The summed E-state index contributed by atoms with van der Waals surface area (Å²) in [5.41, 5.74) is 0. The van der Waals surface area contributed by atoms with Crippen LogP contribution in [0.3, 0.4) is 0 Å². The molecule has 0 aromatic rings. The molecule has 0 bridgehead atoms. The maximum Gasteiger partial charge on any atom is 0.343 e. The molecule has 3 heteroatoms. The third-order valence-electron chi connectivity index (χ3n) is 7.35. The highest BCUT2D eigenvalue weighted by Gasteiger charge is 2.52. The maximum absolute atomic E-state index is 6.10. The van der Waals surface area contributed by atoms with Gasteiger partial charge >= 0.3 is 8.56 Å². The Morgan fingerprint density at radius 1 is 0.643 bits per heavy atom. The molecule has 0 rings (SSSR count). The molecule has 0 aromatic heterocycles. The van der Waals surface area contributed by atoms with Crippen molar-refractivity contribution in [1.82, 2.24) is 0 Å². The second-order valence-corrected chi connectivity index (χ2v) is 13.6. The molecule has 0 fully saturated rings. The molecule has 0 saturated heterocycles. The van der Waals surface area contributed by atoms with Crippen molar-refractivity contribution in [2.45, 2.75) is 142 Å². The van der Waals surface area contributed by atoms with Gasteiger partial charge in [-0.05, 0) is 12.0 Å². The molecule has 170 valence electrons. The molecule has 0 aliphatic rings. The Kier molecular flexibility index (Phi) is 17.0. The van der Waals surface area contributed by atoms with Crippen LogP contribution in [-0.2, 0) is 8.85 Å². The van der Waals surface area contributed by atoms with Gasteiger partial charge < -0.3 is 8.85 Å². The second-order valence-electron chi connectivity index (χ2n) is 9.54. The Morgan fingerprint density at radius 3 is 1.32 bits per heavy atom. The molecular formula is C25H54O2Si. The van der Waals surface area contributed by atoms with Crippen molar-refractivity contribution >= 4 is 8.56 Å². The van der Waals surface area contributed by atoms with Crippen LogP contribution < -0.4 is 0 Å². The fourth-order valence-electron chi connectivity index (χ4n) is 4.57.